The second-order valence-corrected chi connectivity index (χ2v) is 3.69. The lowest BCUT2D eigenvalue weighted by Crippen LogP contribution is -2.11. The Kier molecular flexibility index (Phi) is 3.96. The SMILES string of the molecule is CC(=O)Cc1cc(C#N)cc(C(O)C(=O)O)c1. The van der Waals surface area contributed by atoms with E-state index >= 15 is 0 Å². The number of carbonyl (C=O) groups excluding carboxylic acids is 1. The highest BCUT2D eigenvalue weighted by molar-refractivity contribution is 5.79. The predicted molar refractivity (Wildman–Crippen MR) is 58.1 cm³/mol. The largest absolute Gasteiger partial charge is 0.479 e. The van der Waals surface area contributed by atoms with Crippen LogP contribution in [0.1, 0.15) is 29.7 Å². The quantitative estimate of drug-likeness (QED) is 0.801. The van der Waals surface area contributed by atoms with E-state index in [4.69, 9.17) is 10.4 Å². The van der Waals surface area contributed by atoms with Gasteiger partial charge in [0, 0.05) is 6.42 Å². The summed E-state index contributed by atoms with van der Waals surface area (Å²) in [5.74, 6) is -1.50. The minimum Gasteiger partial charge on any atom is -0.479 e. The molecule has 2 N–H and O–H groups in total. The van der Waals surface area contributed by atoms with Gasteiger partial charge in [0.15, 0.2) is 6.10 Å². The number of aliphatic hydroxyl groups excluding tert-OH is 1. The van der Waals surface area contributed by atoms with Gasteiger partial charge in [0.25, 0.3) is 0 Å². The van der Waals surface area contributed by atoms with Gasteiger partial charge in [-0.25, -0.2) is 4.79 Å². The molecule has 17 heavy (non-hydrogen) atoms. The van der Waals surface area contributed by atoms with E-state index < -0.39 is 12.1 Å². The Morgan fingerprint density at radius 3 is 2.53 bits per heavy atom. The Hall–Kier alpha value is -2.19. The standard InChI is InChI=1S/C12H11NO4/c1-7(14)2-8-3-9(6-13)5-10(4-8)11(15)12(16)17/h3-5,11,15H,2H2,1H3,(H,16,17). The molecule has 1 unspecified atom stereocenters. The maximum atomic E-state index is 11.0. The van der Waals surface area contributed by atoms with Crippen molar-refractivity contribution in [1.82, 2.24) is 0 Å². The van der Waals surface area contributed by atoms with Crippen LogP contribution in [0, 0.1) is 11.3 Å². The lowest BCUT2D eigenvalue weighted by molar-refractivity contribution is -0.146. The molecule has 0 spiro atoms. The van der Waals surface area contributed by atoms with Gasteiger partial charge in [-0.3, -0.25) is 4.79 Å². The van der Waals surface area contributed by atoms with E-state index in [-0.39, 0.29) is 23.3 Å². The molecule has 88 valence electrons. The Bertz CT molecular complexity index is 502. The van der Waals surface area contributed by atoms with Crippen LogP contribution in [0.3, 0.4) is 0 Å². The molecule has 1 atom stereocenters. The fraction of sp³-hybridized carbons (Fsp3) is 0.250. The maximum absolute atomic E-state index is 11.0. The molecule has 5 nitrogen and oxygen atoms in total. The van der Waals surface area contributed by atoms with Crippen LogP contribution in [-0.4, -0.2) is 22.0 Å². The molecule has 0 bridgehead atoms. The highest BCUT2D eigenvalue weighted by atomic mass is 16.4. The number of hydrogen-bond donors (Lipinski definition) is 2. The van der Waals surface area contributed by atoms with Gasteiger partial charge in [0.05, 0.1) is 11.6 Å². The van der Waals surface area contributed by atoms with Crippen molar-refractivity contribution in [2.24, 2.45) is 0 Å². The van der Waals surface area contributed by atoms with Crippen LogP contribution in [0.25, 0.3) is 0 Å². The van der Waals surface area contributed by atoms with Crippen LogP contribution < -0.4 is 0 Å². The number of ketones is 1. The van der Waals surface area contributed by atoms with E-state index in [0.29, 0.717) is 5.56 Å². The topological polar surface area (TPSA) is 98.4 Å². The first-order valence-corrected chi connectivity index (χ1v) is 4.88. The van der Waals surface area contributed by atoms with Gasteiger partial charge in [-0.1, -0.05) is 6.07 Å². The fourth-order valence-electron chi connectivity index (χ4n) is 1.47. The zero-order chi connectivity index (χ0) is 13.0. The fourth-order valence-corrected chi connectivity index (χ4v) is 1.47. The van der Waals surface area contributed by atoms with Crippen molar-refractivity contribution in [2.45, 2.75) is 19.4 Å². The highest BCUT2D eigenvalue weighted by Gasteiger charge is 2.17. The number of nitriles is 1. The second-order valence-electron chi connectivity index (χ2n) is 3.69. The Morgan fingerprint density at radius 1 is 1.41 bits per heavy atom. The average molecular weight is 233 g/mol. The van der Waals surface area contributed by atoms with Crippen LogP contribution in [0.15, 0.2) is 18.2 Å². The maximum Gasteiger partial charge on any atom is 0.337 e. The third kappa shape index (κ3) is 3.40. The molecule has 0 fully saturated rings. The smallest absolute Gasteiger partial charge is 0.337 e. The summed E-state index contributed by atoms with van der Waals surface area (Å²) in [4.78, 5) is 21.6. The van der Waals surface area contributed by atoms with Crippen molar-refractivity contribution in [2.75, 3.05) is 0 Å². The molecular weight excluding hydrogens is 222 g/mol. The Labute approximate surface area is 97.9 Å². The number of aliphatic hydroxyl groups is 1. The molecule has 5 heteroatoms. The zero-order valence-corrected chi connectivity index (χ0v) is 9.17. The summed E-state index contributed by atoms with van der Waals surface area (Å²) in [5.41, 5.74) is 0.846. The highest BCUT2D eigenvalue weighted by Crippen LogP contribution is 2.18. The number of carboxylic acids is 1. The monoisotopic (exact) mass is 233 g/mol. The number of carboxylic acid groups (broad SMARTS) is 1. The van der Waals surface area contributed by atoms with Crippen LogP contribution >= 0.6 is 0 Å². The van der Waals surface area contributed by atoms with Crippen molar-refractivity contribution in [1.29, 1.82) is 5.26 Å². The number of Topliss-reactive ketones (excluding diaryl/α,β-unsaturated/α-hetero) is 1. The molecule has 0 aliphatic rings. The number of carbonyl (C=O) groups is 2. The molecule has 0 saturated heterocycles. The first-order chi connectivity index (χ1) is 7.93. The van der Waals surface area contributed by atoms with Gasteiger partial charge in [-0.15, -0.1) is 0 Å². The minimum atomic E-state index is -1.69. The van der Waals surface area contributed by atoms with E-state index in [1.807, 2.05) is 6.07 Å². The number of nitrogens with zero attached hydrogens (tertiary/aromatic N) is 1. The average Bonchev–Trinajstić information content (AvgIpc) is 2.26. The van der Waals surface area contributed by atoms with E-state index in [1.165, 1.54) is 25.1 Å². The van der Waals surface area contributed by atoms with Crippen molar-refractivity contribution in [3.8, 4) is 6.07 Å². The lowest BCUT2D eigenvalue weighted by Gasteiger charge is -2.08. The van der Waals surface area contributed by atoms with Crippen LogP contribution in [-0.2, 0) is 16.0 Å². The molecule has 0 heterocycles. The Morgan fingerprint density at radius 2 is 2.06 bits per heavy atom. The van der Waals surface area contributed by atoms with Gasteiger partial charge >= 0.3 is 5.97 Å². The molecule has 0 amide bonds. The van der Waals surface area contributed by atoms with Crippen molar-refractivity contribution in [3.63, 3.8) is 0 Å². The summed E-state index contributed by atoms with van der Waals surface area (Å²) in [6, 6.07) is 6.07. The molecule has 0 aliphatic carbocycles. The van der Waals surface area contributed by atoms with E-state index in [1.54, 1.807) is 0 Å². The second kappa shape index (κ2) is 5.23. The van der Waals surface area contributed by atoms with E-state index in [0.717, 1.165) is 0 Å². The van der Waals surface area contributed by atoms with Crippen LogP contribution in [0.4, 0.5) is 0 Å². The first kappa shape index (κ1) is 12.9. The number of aliphatic carboxylic acids is 1. The number of benzene rings is 1. The molecule has 1 aromatic rings. The molecule has 1 aromatic carbocycles. The van der Waals surface area contributed by atoms with Crippen molar-refractivity contribution >= 4 is 11.8 Å². The zero-order valence-electron chi connectivity index (χ0n) is 9.17. The molecule has 1 rings (SSSR count). The summed E-state index contributed by atoms with van der Waals surface area (Å²) >= 11 is 0. The van der Waals surface area contributed by atoms with Gasteiger partial charge in [-0.05, 0) is 30.2 Å². The van der Waals surface area contributed by atoms with E-state index in [2.05, 4.69) is 0 Å². The van der Waals surface area contributed by atoms with Crippen LogP contribution in [0.2, 0.25) is 0 Å². The van der Waals surface area contributed by atoms with E-state index in [9.17, 15) is 14.7 Å². The summed E-state index contributed by atoms with van der Waals surface area (Å²) in [5, 5.41) is 26.8. The molecule has 0 saturated carbocycles. The summed E-state index contributed by atoms with van der Waals surface area (Å²) in [7, 11) is 0. The van der Waals surface area contributed by atoms with Gasteiger partial charge < -0.3 is 10.2 Å². The Balaban J connectivity index is 3.19. The van der Waals surface area contributed by atoms with Gasteiger partial charge in [-0.2, -0.15) is 5.26 Å². The molecule has 0 aromatic heterocycles. The van der Waals surface area contributed by atoms with Crippen molar-refractivity contribution < 1.29 is 19.8 Å². The number of rotatable bonds is 4. The van der Waals surface area contributed by atoms with Gasteiger partial charge in [0.2, 0.25) is 0 Å². The number of hydrogen-bond acceptors (Lipinski definition) is 4. The minimum absolute atomic E-state index is 0.101. The molecule has 0 aliphatic heterocycles. The first-order valence-electron chi connectivity index (χ1n) is 4.88. The predicted octanol–water partition coefficient (Wildman–Crippen LogP) is 0.808. The van der Waals surface area contributed by atoms with Crippen LogP contribution in [0.5, 0.6) is 0 Å². The van der Waals surface area contributed by atoms with Crippen molar-refractivity contribution in [3.05, 3.63) is 34.9 Å². The summed E-state index contributed by atoms with van der Waals surface area (Å²) in [6.07, 6.45) is -1.58. The summed E-state index contributed by atoms with van der Waals surface area (Å²) < 4.78 is 0. The normalized spacial score (nSPS) is 11.6. The van der Waals surface area contributed by atoms with Gasteiger partial charge in [0.1, 0.15) is 5.78 Å². The summed E-state index contributed by atoms with van der Waals surface area (Å²) in [6.45, 7) is 1.40. The molecular formula is C12H11NO4. The lowest BCUT2D eigenvalue weighted by atomic mass is 9.99. The molecule has 0 radical (unpaired) electrons. The third-order valence-electron chi connectivity index (χ3n) is 2.15. The third-order valence-corrected chi connectivity index (χ3v) is 2.15.